The summed E-state index contributed by atoms with van der Waals surface area (Å²) in [6.45, 7) is 2.82. The van der Waals surface area contributed by atoms with Gasteiger partial charge in [-0.1, -0.05) is 25.1 Å². The van der Waals surface area contributed by atoms with Crippen LogP contribution in [-0.4, -0.2) is 16.3 Å². The van der Waals surface area contributed by atoms with Gasteiger partial charge in [-0.25, -0.2) is 4.39 Å². The Balaban J connectivity index is 2.20. The van der Waals surface area contributed by atoms with Gasteiger partial charge in [-0.15, -0.1) is 0 Å². The van der Waals surface area contributed by atoms with Crippen LogP contribution in [0.25, 0.3) is 0 Å². The molecule has 0 spiro atoms. The van der Waals surface area contributed by atoms with Gasteiger partial charge >= 0.3 is 0 Å². The Hall–Kier alpha value is -1.68. The molecule has 4 heteroatoms. The molecule has 0 bridgehead atoms. The Kier molecular flexibility index (Phi) is 4.10. The first-order valence-electron chi connectivity index (χ1n) is 6.17. The fourth-order valence-electron chi connectivity index (χ4n) is 2.08. The summed E-state index contributed by atoms with van der Waals surface area (Å²) in [4.78, 5) is 0. The van der Waals surface area contributed by atoms with E-state index in [9.17, 15) is 4.39 Å². The summed E-state index contributed by atoms with van der Waals surface area (Å²) in [6, 6.07) is 8.82. The summed E-state index contributed by atoms with van der Waals surface area (Å²) in [6.07, 6.45) is 2.59. The minimum Gasteiger partial charge on any atom is -0.310 e. The molecule has 2 aromatic rings. The molecule has 96 valence electrons. The third kappa shape index (κ3) is 2.96. The van der Waals surface area contributed by atoms with E-state index in [-0.39, 0.29) is 11.9 Å². The van der Waals surface area contributed by atoms with Crippen molar-refractivity contribution in [3.8, 4) is 0 Å². The Bertz CT molecular complexity index is 507. The average molecular weight is 247 g/mol. The molecule has 2 rings (SSSR count). The van der Waals surface area contributed by atoms with Crippen molar-refractivity contribution in [2.24, 2.45) is 7.05 Å². The molecule has 1 aromatic carbocycles. The highest BCUT2D eigenvalue weighted by atomic mass is 19.1. The summed E-state index contributed by atoms with van der Waals surface area (Å²) >= 11 is 0. The minimum atomic E-state index is -0.167. The van der Waals surface area contributed by atoms with E-state index in [1.54, 1.807) is 10.7 Å². The number of aromatic nitrogens is 2. The molecule has 0 saturated carbocycles. The Morgan fingerprint density at radius 1 is 1.33 bits per heavy atom. The van der Waals surface area contributed by atoms with E-state index in [4.69, 9.17) is 0 Å². The molecule has 1 unspecified atom stereocenters. The molecule has 0 amide bonds. The van der Waals surface area contributed by atoms with Crippen LogP contribution in [-0.2, 0) is 13.5 Å². The zero-order valence-electron chi connectivity index (χ0n) is 10.7. The van der Waals surface area contributed by atoms with Gasteiger partial charge in [0, 0.05) is 31.3 Å². The van der Waals surface area contributed by atoms with E-state index >= 15 is 0 Å². The Morgan fingerprint density at radius 2 is 2.11 bits per heavy atom. The van der Waals surface area contributed by atoms with Gasteiger partial charge in [-0.3, -0.25) is 4.68 Å². The van der Waals surface area contributed by atoms with Gasteiger partial charge in [0.1, 0.15) is 5.82 Å². The number of likely N-dealkylation sites (N-methyl/N-ethyl adjacent to an activating group) is 1. The van der Waals surface area contributed by atoms with Crippen LogP contribution in [0.1, 0.15) is 24.2 Å². The van der Waals surface area contributed by atoms with Crippen molar-refractivity contribution in [1.29, 1.82) is 0 Å². The van der Waals surface area contributed by atoms with Crippen molar-refractivity contribution in [2.45, 2.75) is 19.4 Å². The molecular weight excluding hydrogens is 229 g/mol. The minimum absolute atomic E-state index is 0.0360. The zero-order chi connectivity index (χ0) is 13.0. The van der Waals surface area contributed by atoms with Crippen molar-refractivity contribution in [1.82, 2.24) is 15.1 Å². The number of hydrogen-bond acceptors (Lipinski definition) is 2. The third-order valence-electron chi connectivity index (χ3n) is 2.91. The molecular formula is C14H18FN3. The van der Waals surface area contributed by atoms with Gasteiger partial charge in [0.2, 0.25) is 0 Å². The monoisotopic (exact) mass is 247 g/mol. The van der Waals surface area contributed by atoms with Crippen LogP contribution in [0.5, 0.6) is 0 Å². The number of nitrogens with zero attached hydrogens (tertiary/aromatic N) is 2. The molecule has 1 aromatic heterocycles. The van der Waals surface area contributed by atoms with Crippen molar-refractivity contribution in [3.05, 3.63) is 53.6 Å². The van der Waals surface area contributed by atoms with Crippen molar-refractivity contribution >= 4 is 0 Å². The summed E-state index contributed by atoms with van der Waals surface area (Å²) in [5.74, 6) is -0.167. The fraction of sp³-hybridized carbons (Fsp3) is 0.357. The highest BCUT2D eigenvalue weighted by Gasteiger charge is 2.15. The first-order valence-corrected chi connectivity index (χ1v) is 6.17. The second-order valence-electron chi connectivity index (χ2n) is 4.32. The molecule has 0 saturated heterocycles. The number of aryl methyl sites for hydroxylation is 1. The predicted molar refractivity (Wildman–Crippen MR) is 69.7 cm³/mol. The lowest BCUT2D eigenvalue weighted by molar-refractivity contribution is 0.504. The van der Waals surface area contributed by atoms with E-state index in [1.165, 1.54) is 6.07 Å². The van der Waals surface area contributed by atoms with Gasteiger partial charge in [-0.05, 0) is 18.7 Å². The third-order valence-corrected chi connectivity index (χ3v) is 2.91. The van der Waals surface area contributed by atoms with Crippen LogP contribution in [0.15, 0.2) is 36.5 Å². The van der Waals surface area contributed by atoms with Crippen LogP contribution >= 0.6 is 0 Å². The lowest BCUT2D eigenvalue weighted by Crippen LogP contribution is -2.24. The Morgan fingerprint density at radius 3 is 2.72 bits per heavy atom. The second-order valence-corrected chi connectivity index (χ2v) is 4.32. The van der Waals surface area contributed by atoms with Crippen molar-refractivity contribution < 1.29 is 4.39 Å². The van der Waals surface area contributed by atoms with Crippen LogP contribution in [0, 0.1) is 5.82 Å². The molecule has 0 aliphatic carbocycles. The maximum absolute atomic E-state index is 13.8. The van der Waals surface area contributed by atoms with Gasteiger partial charge < -0.3 is 5.32 Å². The maximum Gasteiger partial charge on any atom is 0.127 e. The van der Waals surface area contributed by atoms with Crippen LogP contribution < -0.4 is 5.32 Å². The largest absolute Gasteiger partial charge is 0.310 e. The smallest absolute Gasteiger partial charge is 0.127 e. The molecule has 1 heterocycles. The Labute approximate surface area is 107 Å². The SMILES string of the molecule is CCNC(Cc1ccn(C)n1)c1ccccc1F. The molecule has 0 radical (unpaired) electrons. The molecule has 18 heavy (non-hydrogen) atoms. The van der Waals surface area contributed by atoms with E-state index in [0.29, 0.717) is 12.0 Å². The molecule has 1 N–H and O–H groups in total. The van der Waals surface area contributed by atoms with E-state index in [1.807, 2.05) is 38.4 Å². The average Bonchev–Trinajstić information content (AvgIpc) is 2.75. The van der Waals surface area contributed by atoms with Crippen molar-refractivity contribution in [3.63, 3.8) is 0 Å². The number of nitrogens with one attached hydrogen (secondary N) is 1. The summed E-state index contributed by atoms with van der Waals surface area (Å²) in [7, 11) is 1.88. The molecule has 0 fully saturated rings. The van der Waals surface area contributed by atoms with E-state index in [2.05, 4.69) is 10.4 Å². The second kappa shape index (κ2) is 5.78. The van der Waals surface area contributed by atoms with Crippen LogP contribution in [0.3, 0.4) is 0 Å². The topological polar surface area (TPSA) is 29.9 Å². The molecule has 0 aliphatic rings. The highest BCUT2D eigenvalue weighted by molar-refractivity contribution is 5.23. The number of rotatable bonds is 5. The normalized spacial score (nSPS) is 12.6. The van der Waals surface area contributed by atoms with Crippen LogP contribution in [0.4, 0.5) is 4.39 Å². The quantitative estimate of drug-likeness (QED) is 0.879. The summed E-state index contributed by atoms with van der Waals surface area (Å²) in [5.41, 5.74) is 1.66. The maximum atomic E-state index is 13.8. The molecule has 3 nitrogen and oxygen atoms in total. The molecule has 1 atom stereocenters. The standard InChI is InChI=1S/C14H18FN3/c1-3-16-14(10-11-8-9-18(2)17-11)12-6-4-5-7-13(12)15/h4-9,14,16H,3,10H2,1-2H3. The number of halogens is 1. The van der Waals surface area contributed by atoms with Gasteiger partial charge in [0.15, 0.2) is 0 Å². The first kappa shape index (κ1) is 12.8. The van der Waals surface area contributed by atoms with Gasteiger partial charge in [0.05, 0.1) is 5.69 Å². The van der Waals surface area contributed by atoms with E-state index < -0.39 is 0 Å². The lowest BCUT2D eigenvalue weighted by atomic mass is 10.0. The summed E-state index contributed by atoms with van der Waals surface area (Å²) < 4.78 is 15.6. The van der Waals surface area contributed by atoms with Gasteiger partial charge in [-0.2, -0.15) is 5.10 Å². The number of hydrogen-bond donors (Lipinski definition) is 1. The van der Waals surface area contributed by atoms with Crippen molar-refractivity contribution in [2.75, 3.05) is 6.54 Å². The van der Waals surface area contributed by atoms with Crippen LogP contribution in [0.2, 0.25) is 0 Å². The predicted octanol–water partition coefficient (Wildman–Crippen LogP) is 2.45. The lowest BCUT2D eigenvalue weighted by Gasteiger charge is -2.17. The van der Waals surface area contributed by atoms with E-state index in [0.717, 1.165) is 12.2 Å². The van der Waals surface area contributed by atoms with Gasteiger partial charge in [0.25, 0.3) is 0 Å². The summed E-state index contributed by atoms with van der Waals surface area (Å²) in [5, 5.41) is 7.65. The fourth-order valence-corrected chi connectivity index (χ4v) is 2.08. The number of benzene rings is 1. The highest BCUT2D eigenvalue weighted by Crippen LogP contribution is 2.20. The first-order chi connectivity index (χ1) is 8.70. The molecule has 0 aliphatic heterocycles. The zero-order valence-corrected chi connectivity index (χ0v) is 10.7.